The minimum absolute atomic E-state index is 0.0586. The van der Waals surface area contributed by atoms with Gasteiger partial charge in [0.15, 0.2) is 5.82 Å². The van der Waals surface area contributed by atoms with Crippen LogP contribution in [-0.2, 0) is 0 Å². The van der Waals surface area contributed by atoms with Crippen LogP contribution in [0.2, 0.25) is 5.02 Å². The number of alkyl halides is 2. The molecule has 1 aliphatic rings. The van der Waals surface area contributed by atoms with Crippen LogP contribution in [0.15, 0.2) is 24.4 Å². The van der Waals surface area contributed by atoms with Crippen LogP contribution in [0.4, 0.5) is 19.0 Å². The SMILES string of the molecule is COc1nc(N2CCNCC(F)(F)C2)c2cc(Cl)c(-c3c(C)ccc4[nH]ncc34)c(F)c2n1. The van der Waals surface area contributed by atoms with Gasteiger partial charge in [-0.15, -0.1) is 0 Å². The molecule has 0 spiro atoms. The molecule has 2 N–H and O–H groups in total. The molecule has 1 saturated heterocycles. The van der Waals surface area contributed by atoms with Crippen molar-refractivity contribution in [1.82, 2.24) is 25.5 Å². The van der Waals surface area contributed by atoms with Gasteiger partial charge in [-0.2, -0.15) is 15.1 Å². The van der Waals surface area contributed by atoms with E-state index in [4.69, 9.17) is 16.3 Å². The minimum atomic E-state index is -2.99. The second kappa shape index (κ2) is 8.03. The molecule has 0 atom stereocenters. The van der Waals surface area contributed by atoms with Gasteiger partial charge in [0.2, 0.25) is 0 Å². The second-order valence-corrected chi connectivity index (χ2v) is 8.43. The summed E-state index contributed by atoms with van der Waals surface area (Å²) in [5, 5.41) is 10.7. The Morgan fingerprint density at radius 2 is 2.00 bits per heavy atom. The van der Waals surface area contributed by atoms with E-state index in [2.05, 4.69) is 25.5 Å². The summed E-state index contributed by atoms with van der Waals surface area (Å²) < 4.78 is 49.9. The summed E-state index contributed by atoms with van der Waals surface area (Å²) in [4.78, 5) is 9.91. The Hall–Kier alpha value is -3.11. The highest BCUT2D eigenvalue weighted by atomic mass is 35.5. The second-order valence-electron chi connectivity index (χ2n) is 8.02. The molecule has 0 radical (unpaired) electrons. The fourth-order valence-corrected chi connectivity index (χ4v) is 4.55. The summed E-state index contributed by atoms with van der Waals surface area (Å²) in [5.74, 6) is -3.53. The number of ether oxygens (including phenoxy) is 1. The standard InChI is InChI=1S/C22H20ClF3N6O/c1-11-3-4-15-13(8-28-31-15)16(11)17-14(23)7-12-19(18(17)24)29-21(33-2)30-20(12)32-6-5-27-9-22(25,26)10-32/h3-4,7-8,27H,5-6,9-10H2,1-2H3,(H,28,31). The number of nitrogens with one attached hydrogen (secondary N) is 2. The molecule has 172 valence electrons. The molecular weight excluding hydrogens is 457 g/mol. The van der Waals surface area contributed by atoms with Gasteiger partial charge in [0.05, 0.1) is 36.9 Å². The van der Waals surface area contributed by atoms with Gasteiger partial charge >= 0.3 is 6.01 Å². The first kappa shape index (κ1) is 21.7. The lowest BCUT2D eigenvalue weighted by atomic mass is 9.95. The maximum atomic E-state index is 16.1. The highest BCUT2D eigenvalue weighted by Gasteiger charge is 2.35. The molecule has 0 unspecified atom stereocenters. The maximum Gasteiger partial charge on any atom is 0.318 e. The molecule has 0 saturated carbocycles. The molecule has 1 fully saturated rings. The van der Waals surface area contributed by atoms with E-state index in [9.17, 15) is 8.78 Å². The lowest BCUT2D eigenvalue weighted by Crippen LogP contribution is -2.39. The molecule has 5 rings (SSSR count). The Labute approximate surface area is 191 Å². The number of H-pyrrole nitrogens is 1. The zero-order chi connectivity index (χ0) is 23.3. The fraction of sp³-hybridized carbons (Fsp3) is 0.318. The molecule has 2 aromatic carbocycles. The topological polar surface area (TPSA) is 79.0 Å². The monoisotopic (exact) mass is 476 g/mol. The van der Waals surface area contributed by atoms with Gasteiger partial charge in [-0.3, -0.25) is 5.10 Å². The van der Waals surface area contributed by atoms with Crippen molar-refractivity contribution >= 4 is 39.2 Å². The quantitative estimate of drug-likeness (QED) is 0.458. The van der Waals surface area contributed by atoms with Crippen LogP contribution < -0.4 is 15.0 Å². The first-order valence-corrected chi connectivity index (χ1v) is 10.7. The molecular formula is C22H20ClF3N6O. The summed E-state index contributed by atoms with van der Waals surface area (Å²) in [5.41, 5.74) is 2.20. The van der Waals surface area contributed by atoms with E-state index in [0.717, 1.165) is 11.1 Å². The zero-order valence-electron chi connectivity index (χ0n) is 17.8. The zero-order valence-corrected chi connectivity index (χ0v) is 18.6. The number of halogens is 4. The van der Waals surface area contributed by atoms with Crippen LogP contribution >= 0.6 is 11.6 Å². The number of aromatic amines is 1. The smallest absolute Gasteiger partial charge is 0.318 e. The van der Waals surface area contributed by atoms with Crippen LogP contribution in [-0.4, -0.2) is 59.4 Å². The predicted molar refractivity (Wildman–Crippen MR) is 121 cm³/mol. The first-order valence-electron chi connectivity index (χ1n) is 10.3. The van der Waals surface area contributed by atoms with Crippen molar-refractivity contribution in [3.8, 4) is 17.1 Å². The van der Waals surface area contributed by atoms with Crippen LogP contribution in [0.3, 0.4) is 0 Å². The third-order valence-corrected chi connectivity index (χ3v) is 6.07. The normalized spacial score (nSPS) is 16.4. The minimum Gasteiger partial charge on any atom is -0.467 e. The molecule has 11 heteroatoms. The fourth-order valence-electron chi connectivity index (χ4n) is 4.26. The van der Waals surface area contributed by atoms with Crippen molar-refractivity contribution in [2.45, 2.75) is 12.8 Å². The summed E-state index contributed by atoms with van der Waals surface area (Å²) in [6.07, 6.45) is 1.61. The van der Waals surface area contributed by atoms with E-state index in [1.807, 2.05) is 19.1 Å². The van der Waals surface area contributed by atoms with E-state index in [0.29, 0.717) is 17.5 Å². The van der Waals surface area contributed by atoms with Gasteiger partial charge < -0.3 is 15.0 Å². The highest BCUT2D eigenvalue weighted by Crippen LogP contribution is 2.42. The molecule has 4 aromatic rings. The van der Waals surface area contributed by atoms with E-state index in [-0.39, 0.29) is 39.9 Å². The van der Waals surface area contributed by atoms with Gasteiger partial charge in [0, 0.05) is 35.0 Å². The van der Waals surface area contributed by atoms with E-state index < -0.39 is 24.8 Å². The van der Waals surface area contributed by atoms with Crippen LogP contribution in [0.25, 0.3) is 32.9 Å². The van der Waals surface area contributed by atoms with Crippen molar-refractivity contribution < 1.29 is 17.9 Å². The molecule has 33 heavy (non-hydrogen) atoms. The third kappa shape index (κ3) is 3.72. The van der Waals surface area contributed by atoms with Crippen LogP contribution in [0.5, 0.6) is 6.01 Å². The lowest BCUT2D eigenvalue weighted by molar-refractivity contribution is 0.0156. The van der Waals surface area contributed by atoms with E-state index in [1.54, 1.807) is 6.20 Å². The van der Waals surface area contributed by atoms with E-state index in [1.165, 1.54) is 18.1 Å². The van der Waals surface area contributed by atoms with Crippen molar-refractivity contribution in [1.29, 1.82) is 0 Å². The number of rotatable bonds is 3. The molecule has 2 aromatic heterocycles. The Bertz CT molecular complexity index is 1380. The van der Waals surface area contributed by atoms with Crippen molar-refractivity contribution in [3.05, 3.63) is 40.8 Å². The molecule has 0 bridgehead atoms. The Morgan fingerprint density at radius 1 is 1.18 bits per heavy atom. The summed E-state index contributed by atoms with van der Waals surface area (Å²) in [6, 6.07) is 5.10. The van der Waals surface area contributed by atoms with Gasteiger partial charge in [0.25, 0.3) is 5.92 Å². The Kier molecular flexibility index (Phi) is 5.29. The number of hydrogen-bond acceptors (Lipinski definition) is 6. The predicted octanol–water partition coefficient (Wildman–Crippen LogP) is 4.33. The number of aromatic nitrogens is 4. The van der Waals surface area contributed by atoms with Gasteiger partial charge in [-0.05, 0) is 24.6 Å². The van der Waals surface area contributed by atoms with Gasteiger partial charge in [0.1, 0.15) is 11.3 Å². The number of anilines is 1. The van der Waals surface area contributed by atoms with Crippen molar-refractivity contribution in [2.75, 3.05) is 38.2 Å². The van der Waals surface area contributed by atoms with Gasteiger partial charge in [-0.1, -0.05) is 17.7 Å². The van der Waals surface area contributed by atoms with Gasteiger partial charge in [-0.25, -0.2) is 13.2 Å². The Balaban J connectivity index is 1.78. The number of benzene rings is 2. The third-order valence-electron chi connectivity index (χ3n) is 5.77. The average molecular weight is 477 g/mol. The summed E-state index contributed by atoms with van der Waals surface area (Å²) >= 11 is 6.62. The van der Waals surface area contributed by atoms with E-state index >= 15 is 4.39 Å². The lowest BCUT2D eigenvalue weighted by Gasteiger charge is -2.26. The largest absolute Gasteiger partial charge is 0.467 e. The number of aryl methyl sites for hydroxylation is 1. The van der Waals surface area contributed by atoms with Crippen LogP contribution in [0.1, 0.15) is 5.56 Å². The molecule has 7 nitrogen and oxygen atoms in total. The molecule has 0 amide bonds. The first-order chi connectivity index (χ1) is 15.8. The Morgan fingerprint density at radius 3 is 2.79 bits per heavy atom. The molecule has 0 aliphatic carbocycles. The molecule has 3 heterocycles. The highest BCUT2D eigenvalue weighted by molar-refractivity contribution is 6.35. The van der Waals surface area contributed by atoms with Crippen molar-refractivity contribution in [2.24, 2.45) is 0 Å². The number of hydrogen-bond donors (Lipinski definition) is 2. The van der Waals surface area contributed by atoms with Crippen molar-refractivity contribution in [3.63, 3.8) is 0 Å². The van der Waals surface area contributed by atoms with Crippen LogP contribution in [0, 0.1) is 12.7 Å². The number of methoxy groups -OCH3 is 1. The average Bonchev–Trinajstić information content (AvgIpc) is 3.18. The summed E-state index contributed by atoms with van der Waals surface area (Å²) in [7, 11) is 1.34. The molecule has 1 aliphatic heterocycles. The number of fused-ring (bicyclic) bond motifs is 2. The summed E-state index contributed by atoms with van der Waals surface area (Å²) in [6.45, 7) is 1.39. The number of nitrogens with zero attached hydrogens (tertiary/aromatic N) is 4. The maximum absolute atomic E-state index is 16.1.